The highest BCUT2D eigenvalue weighted by molar-refractivity contribution is 7.16. The lowest BCUT2D eigenvalue weighted by molar-refractivity contribution is 0.0948. The molecule has 16 heavy (non-hydrogen) atoms. The number of nitrogen functional groups attached to an aromatic ring is 1. The lowest BCUT2D eigenvalue weighted by atomic mass is 10.4. The molecule has 90 valence electrons. The van der Waals surface area contributed by atoms with E-state index in [9.17, 15) is 4.79 Å². The molecule has 1 amide bonds. The van der Waals surface area contributed by atoms with Gasteiger partial charge in [0.1, 0.15) is 0 Å². The van der Waals surface area contributed by atoms with E-state index in [-0.39, 0.29) is 5.91 Å². The summed E-state index contributed by atoms with van der Waals surface area (Å²) < 4.78 is 0. The monoisotopic (exact) mass is 243 g/mol. The van der Waals surface area contributed by atoms with Gasteiger partial charge in [0, 0.05) is 13.1 Å². The van der Waals surface area contributed by atoms with Gasteiger partial charge in [0.15, 0.2) is 0 Å². The molecule has 0 bridgehead atoms. The predicted octanol–water partition coefficient (Wildman–Crippen LogP) is 0.192. The second-order valence-electron chi connectivity index (χ2n) is 3.23. The number of carbonyl (C=O) groups is 1. The van der Waals surface area contributed by atoms with Crippen LogP contribution in [0.4, 0.5) is 5.13 Å². The molecule has 0 aliphatic heterocycles. The molecule has 0 aliphatic rings. The minimum atomic E-state index is -0.207. The average molecular weight is 243 g/mol. The third-order valence-corrected chi connectivity index (χ3v) is 2.99. The van der Waals surface area contributed by atoms with Crippen LogP contribution >= 0.6 is 11.3 Å². The van der Waals surface area contributed by atoms with Crippen LogP contribution in [0.25, 0.3) is 0 Å². The zero-order chi connectivity index (χ0) is 12.0. The van der Waals surface area contributed by atoms with Gasteiger partial charge in [-0.3, -0.25) is 4.79 Å². The van der Waals surface area contributed by atoms with Crippen LogP contribution in [0, 0.1) is 0 Å². The Labute approximate surface area is 98.8 Å². The first-order valence-electron chi connectivity index (χ1n) is 5.26. The van der Waals surface area contributed by atoms with Crippen molar-refractivity contribution in [2.75, 3.05) is 31.9 Å². The van der Waals surface area contributed by atoms with Gasteiger partial charge < -0.3 is 16.0 Å². The molecule has 0 spiro atoms. The minimum absolute atomic E-state index is 0.207. The van der Waals surface area contributed by atoms with Crippen LogP contribution in [0.15, 0.2) is 0 Å². The molecule has 0 unspecified atom stereocenters. The number of nitrogens with one attached hydrogen (secondary N) is 1. The van der Waals surface area contributed by atoms with Crippen molar-refractivity contribution in [3.63, 3.8) is 0 Å². The van der Waals surface area contributed by atoms with Crippen LogP contribution in [0.2, 0.25) is 0 Å². The molecule has 0 aliphatic carbocycles. The molecule has 1 heterocycles. The van der Waals surface area contributed by atoms with Crippen molar-refractivity contribution in [2.45, 2.75) is 13.8 Å². The zero-order valence-corrected chi connectivity index (χ0v) is 10.4. The maximum atomic E-state index is 11.5. The van der Waals surface area contributed by atoms with Crippen LogP contribution < -0.4 is 11.1 Å². The third kappa shape index (κ3) is 3.74. The summed E-state index contributed by atoms with van der Waals surface area (Å²) in [7, 11) is 0. The van der Waals surface area contributed by atoms with Crippen LogP contribution in [0.5, 0.6) is 0 Å². The van der Waals surface area contributed by atoms with Crippen molar-refractivity contribution in [3.05, 3.63) is 5.01 Å². The predicted molar refractivity (Wildman–Crippen MR) is 64.4 cm³/mol. The molecule has 0 saturated carbocycles. The average Bonchev–Trinajstić information content (AvgIpc) is 2.71. The van der Waals surface area contributed by atoms with Crippen molar-refractivity contribution >= 4 is 22.4 Å². The van der Waals surface area contributed by atoms with E-state index in [4.69, 9.17) is 5.73 Å². The fraction of sp³-hybridized carbons (Fsp3) is 0.667. The fourth-order valence-corrected chi connectivity index (χ4v) is 1.80. The van der Waals surface area contributed by atoms with Gasteiger partial charge in [0.2, 0.25) is 10.1 Å². The number of hydrogen-bond acceptors (Lipinski definition) is 6. The Morgan fingerprint density at radius 3 is 2.62 bits per heavy atom. The second-order valence-corrected chi connectivity index (χ2v) is 4.24. The molecule has 7 heteroatoms. The Bertz CT molecular complexity index is 336. The van der Waals surface area contributed by atoms with Crippen LogP contribution in [-0.4, -0.2) is 47.2 Å². The maximum absolute atomic E-state index is 11.5. The Balaban J connectivity index is 2.30. The van der Waals surface area contributed by atoms with E-state index in [0.717, 1.165) is 31.0 Å². The van der Waals surface area contributed by atoms with Gasteiger partial charge in [-0.05, 0) is 13.1 Å². The highest BCUT2D eigenvalue weighted by atomic mass is 32.1. The number of hydrogen-bond donors (Lipinski definition) is 2. The quantitative estimate of drug-likeness (QED) is 0.745. The molecular formula is C9H17N5OS. The Morgan fingerprint density at radius 1 is 1.44 bits per heavy atom. The largest absolute Gasteiger partial charge is 0.374 e. The lowest BCUT2D eigenvalue weighted by Gasteiger charge is -2.17. The minimum Gasteiger partial charge on any atom is -0.374 e. The van der Waals surface area contributed by atoms with Gasteiger partial charge in [-0.1, -0.05) is 25.2 Å². The number of nitrogens with two attached hydrogens (primary N) is 1. The standard InChI is InChI=1S/C9H17N5OS/c1-3-14(4-2)6-5-11-7(15)8-12-13-9(10)16-8/h3-6H2,1-2H3,(H2,10,13)(H,11,15). The number of anilines is 1. The Hall–Kier alpha value is -1.21. The molecule has 6 nitrogen and oxygen atoms in total. The van der Waals surface area contributed by atoms with Crippen molar-refractivity contribution in [3.8, 4) is 0 Å². The van der Waals surface area contributed by atoms with Crippen LogP contribution in [0.1, 0.15) is 23.6 Å². The summed E-state index contributed by atoms with van der Waals surface area (Å²) in [6, 6.07) is 0. The van der Waals surface area contributed by atoms with E-state index in [2.05, 4.69) is 34.3 Å². The summed E-state index contributed by atoms with van der Waals surface area (Å²) in [5, 5.41) is 10.7. The molecule has 3 N–H and O–H groups in total. The zero-order valence-electron chi connectivity index (χ0n) is 9.56. The van der Waals surface area contributed by atoms with Crippen LogP contribution in [0.3, 0.4) is 0 Å². The van der Waals surface area contributed by atoms with Crippen LogP contribution in [-0.2, 0) is 0 Å². The first kappa shape index (κ1) is 12.9. The molecule has 0 saturated heterocycles. The third-order valence-electron chi connectivity index (χ3n) is 2.24. The van der Waals surface area contributed by atoms with E-state index in [1.165, 1.54) is 0 Å². The number of carbonyl (C=O) groups excluding carboxylic acids is 1. The fourth-order valence-electron chi connectivity index (χ4n) is 1.27. The van der Waals surface area contributed by atoms with E-state index in [1.807, 2.05) is 0 Å². The molecule has 1 aromatic rings. The molecule has 0 fully saturated rings. The second kappa shape index (κ2) is 6.39. The maximum Gasteiger partial charge on any atom is 0.282 e. The summed E-state index contributed by atoms with van der Waals surface area (Å²) in [6.07, 6.45) is 0. The van der Waals surface area contributed by atoms with Crippen molar-refractivity contribution in [2.24, 2.45) is 0 Å². The Morgan fingerprint density at radius 2 is 2.12 bits per heavy atom. The number of aromatic nitrogens is 2. The molecule has 1 rings (SSSR count). The normalized spacial score (nSPS) is 10.7. The molecule has 0 atom stereocenters. The molecule has 0 aromatic carbocycles. The summed E-state index contributed by atoms with van der Waals surface area (Å²) in [6.45, 7) is 7.61. The number of likely N-dealkylation sites (N-methyl/N-ethyl adjacent to an activating group) is 1. The van der Waals surface area contributed by atoms with Crippen molar-refractivity contribution in [1.29, 1.82) is 0 Å². The SMILES string of the molecule is CCN(CC)CCNC(=O)c1nnc(N)s1. The van der Waals surface area contributed by atoms with E-state index in [1.54, 1.807) is 0 Å². The highest BCUT2D eigenvalue weighted by Crippen LogP contribution is 2.09. The number of nitrogens with zero attached hydrogens (tertiary/aromatic N) is 3. The van der Waals surface area contributed by atoms with Gasteiger partial charge in [-0.2, -0.15) is 0 Å². The molecule has 1 aromatic heterocycles. The lowest BCUT2D eigenvalue weighted by Crippen LogP contribution is -2.34. The Kier molecular flexibility index (Phi) is 5.13. The van der Waals surface area contributed by atoms with E-state index < -0.39 is 0 Å². The topological polar surface area (TPSA) is 84.1 Å². The smallest absolute Gasteiger partial charge is 0.282 e. The first-order valence-corrected chi connectivity index (χ1v) is 6.08. The van der Waals surface area contributed by atoms with Gasteiger partial charge in [-0.15, -0.1) is 10.2 Å². The molecular weight excluding hydrogens is 226 g/mol. The number of rotatable bonds is 6. The summed E-state index contributed by atoms with van der Waals surface area (Å²) >= 11 is 1.10. The summed E-state index contributed by atoms with van der Waals surface area (Å²) in [5.41, 5.74) is 5.39. The van der Waals surface area contributed by atoms with Crippen molar-refractivity contribution < 1.29 is 4.79 Å². The summed E-state index contributed by atoms with van der Waals surface area (Å²) in [4.78, 5) is 13.8. The van der Waals surface area contributed by atoms with Crippen molar-refractivity contribution in [1.82, 2.24) is 20.4 Å². The van der Waals surface area contributed by atoms with Gasteiger partial charge in [0.25, 0.3) is 5.91 Å². The molecule has 0 radical (unpaired) electrons. The van der Waals surface area contributed by atoms with E-state index >= 15 is 0 Å². The van der Waals surface area contributed by atoms with Gasteiger partial charge in [0.05, 0.1) is 0 Å². The highest BCUT2D eigenvalue weighted by Gasteiger charge is 2.10. The number of amides is 1. The van der Waals surface area contributed by atoms with E-state index in [0.29, 0.717) is 16.7 Å². The van der Waals surface area contributed by atoms with Gasteiger partial charge >= 0.3 is 0 Å². The first-order chi connectivity index (χ1) is 7.67. The summed E-state index contributed by atoms with van der Waals surface area (Å²) in [5.74, 6) is -0.207. The van der Waals surface area contributed by atoms with Gasteiger partial charge in [-0.25, -0.2) is 0 Å².